The molecule has 0 bridgehead atoms. The Labute approximate surface area is 106 Å². The second-order valence-corrected chi connectivity index (χ2v) is 3.93. The van der Waals surface area contributed by atoms with Gasteiger partial charge in [-0.25, -0.2) is 0 Å². The number of amides is 1. The van der Waals surface area contributed by atoms with Crippen molar-refractivity contribution >= 4 is 16.8 Å². The average molecular weight is 272 g/mol. The number of hydrogen-bond acceptors (Lipinski definition) is 2. The number of carbonyl (C=O) groups excluding carboxylic acids is 1. The van der Waals surface area contributed by atoms with Crippen molar-refractivity contribution in [2.45, 2.75) is 6.18 Å². The Morgan fingerprint density at radius 1 is 1.37 bits per heavy atom. The zero-order valence-corrected chi connectivity index (χ0v) is 9.97. The van der Waals surface area contributed by atoms with Crippen molar-refractivity contribution in [3.05, 3.63) is 30.0 Å². The molecule has 0 aliphatic heterocycles. The molecule has 0 radical (unpaired) electrons. The van der Waals surface area contributed by atoms with Gasteiger partial charge in [-0.3, -0.25) is 4.79 Å². The van der Waals surface area contributed by atoms with Crippen LogP contribution in [0.2, 0.25) is 0 Å². The molecule has 1 aromatic carbocycles. The highest BCUT2D eigenvalue weighted by atomic mass is 19.4. The molecular weight excluding hydrogens is 261 g/mol. The summed E-state index contributed by atoms with van der Waals surface area (Å²) in [7, 11) is 1.50. The first-order valence-electron chi connectivity index (χ1n) is 5.41. The highest BCUT2D eigenvalue weighted by molar-refractivity contribution is 5.98. The van der Waals surface area contributed by atoms with Gasteiger partial charge in [0.25, 0.3) is 5.91 Å². The fraction of sp³-hybridized carbons (Fsp3) is 0.250. The molecule has 1 aromatic heterocycles. The lowest BCUT2D eigenvalue weighted by atomic mass is 10.2. The smallest absolute Gasteiger partial charge is 0.405 e. The number of methoxy groups -OCH3 is 1. The van der Waals surface area contributed by atoms with Gasteiger partial charge in [0.05, 0.1) is 7.11 Å². The van der Waals surface area contributed by atoms with Crippen molar-refractivity contribution in [3.8, 4) is 5.75 Å². The van der Waals surface area contributed by atoms with Crippen LogP contribution in [-0.4, -0.2) is 30.7 Å². The quantitative estimate of drug-likeness (QED) is 0.901. The van der Waals surface area contributed by atoms with E-state index in [9.17, 15) is 18.0 Å². The zero-order chi connectivity index (χ0) is 14.0. The summed E-state index contributed by atoms with van der Waals surface area (Å²) < 4.78 is 41.0. The summed E-state index contributed by atoms with van der Waals surface area (Å²) in [5.74, 6) is -0.205. The van der Waals surface area contributed by atoms with Gasteiger partial charge in [-0.05, 0) is 18.2 Å². The SMILES string of the molecule is COc1ccc2cc(C(=O)NCC(F)(F)F)[nH]c2c1. The third kappa shape index (κ3) is 3.18. The van der Waals surface area contributed by atoms with Crippen LogP contribution in [-0.2, 0) is 0 Å². The minimum atomic E-state index is -4.43. The van der Waals surface area contributed by atoms with E-state index in [1.54, 1.807) is 23.5 Å². The van der Waals surface area contributed by atoms with Gasteiger partial charge in [-0.2, -0.15) is 13.2 Å². The van der Waals surface area contributed by atoms with E-state index in [2.05, 4.69) is 4.98 Å². The molecule has 2 rings (SSSR count). The molecule has 0 spiro atoms. The standard InChI is InChI=1S/C12H11F3N2O2/c1-19-8-3-2-7-4-10(17-9(7)5-8)11(18)16-6-12(13,14)15/h2-5,17H,6H2,1H3,(H,16,18). The molecule has 1 amide bonds. The Morgan fingerprint density at radius 3 is 2.74 bits per heavy atom. The van der Waals surface area contributed by atoms with E-state index < -0.39 is 18.6 Å². The molecule has 102 valence electrons. The van der Waals surface area contributed by atoms with Gasteiger partial charge in [0.1, 0.15) is 18.0 Å². The first-order chi connectivity index (χ1) is 8.89. The van der Waals surface area contributed by atoms with Crippen molar-refractivity contribution in [2.24, 2.45) is 0 Å². The fourth-order valence-corrected chi connectivity index (χ4v) is 1.63. The second kappa shape index (κ2) is 4.83. The molecule has 19 heavy (non-hydrogen) atoms. The number of H-pyrrole nitrogens is 1. The largest absolute Gasteiger partial charge is 0.497 e. The van der Waals surface area contributed by atoms with Crippen molar-refractivity contribution in [3.63, 3.8) is 0 Å². The van der Waals surface area contributed by atoms with E-state index in [0.717, 1.165) is 5.39 Å². The molecular formula is C12H11F3N2O2. The number of ether oxygens (including phenoxy) is 1. The molecule has 4 nitrogen and oxygen atoms in total. The molecule has 0 unspecified atom stereocenters. The van der Waals surface area contributed by atoms with E-state index >= 15 is 0 Å². The van der Waals surface area contributed by atoms with Gasteiger partial charge < -0.3 is 15.0 Å². The van der Waals surface area contributed by atoms with Crippen molar-refractivity contribution in [2.75, 3.05) is 13.7 Å². The Hall–Kier alpha value is -2.18. The van der Waals surface area contributed by atoms with Gasteiger partial charge in [0, 0.05) is 17.0 Å². The highest BCUT2D eigenvalue weighted by Gasteiger charge is 2.28. The van der Waals surface area contributed by atoms with Crippen LogP contribution in [0.4, 0.5) is 13.2 Å². The molecule has 0 atom stereocenters. The summed E-state index contributed by atoms with van der Waals surface area (Å²) in [4.78, 5) is 14.3. The number of rotatable bonds is 3. The van der Waals surface area contributed by atoms with Crippen LogP contribution in [0.25, 0.3) is 10.9 Å². The van der Waals surface area contributed by atoms with Gasteiger partial charge in [-0.1, -0.05) is 0 Å². The van der Waals surface area contributed by atoms with E-state index in [1.807, 2.05) is 0 Å². The number of aromatic amines is 1. The minimum Gasteiger partial charge on any atom is -0.497 e. The van der Waals surface area contributed by atoms with Gasteiger partial charge in [-0.15, -0.1) is 0 Å². The molecule has 1 heterocycles. The summed E-state index contributed by atoms with van der Waals surface area (Å²) in [6.45, 7) is -1.36. The van der Waals surface area contributed by atoms with E-state index in [4.69, 9.17) is 4.74 Å². The van der Waals surface area contributed by atoms with Gasteiger partial charge in [0.15, 0.2) is 0 Å². The third-order valence-electron chi connectivity index (χ3n) is 2.52. The van der Waals surface area contributed by atoms with Crippen LogP contribution >= 0.6 is 0 Å². The molecule has 2 N–H and O–H groups in total. The summed E-state index contributed by atoms with van der Waals surface area (Å²) in [5.41, 5.74) is 0.698. The Kier molecular flexibility index (Phi) is 3.37. The predicted molar refractivity (Wildman–Crippen MR) is 63.2 cm³/mol. The second-order valence-electron chi connectivity index (χ2n) is 3.93. The molecule has 0 aliphatic carbocycles. The molecule has 0 saturated carbocycles. The number of fused-ring (bicyclic) bond motifs is 1. The number of nitrogens with one attached hydrogen (secondary N) is 2. The summed E-state index contributed by atoms with van der Waals surface area (Å²) in [5, 5.41) is 2.52. The summed E-state index contributed by atoms with van der Waals surface area (Å²) in [6, 6.07) is 6.56. The van der Waals surface area contributed by atoms with Crippen LogP contribution < -0.4 is 10.1 Å². The molecule has 0 saturated heterocycles. The molecule has 0 fully saturated rings. The monoisotopic (exact) mass is 272 g/mol. The highest BCUT2D eigenvalue weighted by Crippen LogP contribution is 2.21. The lowest BCUT2D eigenvalue weighted by Gasteiger charge is -2.06. The van der Waals surface area contributed by atoms with Crippen LogP contribution in [0, 0.1) is 0 Å². The normalized spacial score (nSPS) is 11.6. The number of benzene rings is 1. The third-order valence-corrected chi connectivity index (χ3v) is 2.52. The average Bonchev–Trinajstić information content (AvgIpc) is 2.77. The maximum Gasteiger partial charge on any atom is 0.405 e. The Bertz CT molecular complexity index is 605. The maximum absolute atomic E-state index is 12.0. The summed E-state index contributed by atoms with van der Waals surface area (Å²) in [6.07, 6.45) is -4.43. The van der Waals surface area contributed by atoms with E-state index in [0.29, 0.717) is 11.3 Å². The number of aromatic nitrogens is 1. The molecule has 0 aliphatic rings. The lowest BCUT2D eigenvalue weighted by molar-refractivity contribution is -0.123. The van der Waals surface area contributed by atoms with Crippen molar-refractivity contribution in [1.29, 1.82) is 0 Å². The summed E-state index contributed by atoms with van der Waals surface area (Å²) >= 11 is 0. The number of halogens is 3. The maximum atomic E-state index is 12.0. The van der Waals surface area contributed by atoms with Gasteiger partial charge >= 0.3 is 6.18 Å². The molecule has 7 heteroatoms. The topological polar surface area (TPSA) is 54.1 Å². The number of alkyl halides is 3. The molecule has 2 aromatic rings. The van der Waals surface area contributed by atoms with Crippen molar-refractivity contribution < 1.29 is 22.7 Å². The van der Waals surface area contributed by atoms with Gasteiger partial charge in [0.2, 0.25) is 0 Å². The van der Waals surface area contributed by atoms with Crippen LogP contribution in [0.3, 0.4) is 0 Å². The first kappa shape index (κ1) is 13.3. The number of carbonyl (C=O) groups is 1. The van der Waals surface area contributed by atoms with Crippen LogP contribution in [0.15, 0.2) is 24.3 Å². The zero-order valence-electron chi connectivity index (χ0n) is 9.97. The Balaban J connectivity index is 2.19. The minimum absolute atomic E-state index is 0.0764. The first-order valence-corrected chi connectivity index (χ1v) is 5.41. The van der Waals surface area contributed by atoms with E-state index in [-0.39, 0.29) is 5.69 Å². The predicted octanol–water partition coefficient (Wildman–Crippen LogP) is 2.47. The van der Waals surface area contributed by atoms with Crippen LogP contribution in [0.1, 0.15) is 10.5 Å². The Morgan fingerprint density at radius 2 is 2.11 bits per heavy atom. The lowest BCUT2D eigenvalue weighted by Crippen LogP contribution is -2.33. The van der Waals surface area contributed by atoms with E-state index in [1.165, 1.54) is 13.2 Å². The van der Waals surface area contributed by atoms with Crippen molar-refractivity contribution in [1.82, 2.24) is 10.3 Å². The fourth-order valence-electron chi connectivity index (χ4n) is 1.63. The van der Waals surface area contributed by atoms with Crippen LogP contribution in [0.5, 0.6) is 5.75 Å². The number of hydrogen-bond donors (Lipinski definition) is 2.